The van der Waals surface area contributed by atoms with Gasteiger partial charge in [-0.25, -0.2) is 13.4 Å². The third-order valence-corrected chi connectivity index (χ3v) is 4.80. The van der Waals surface area contributed by atoms with Crippen LogP contribution in [0.25, 0.3) is 0 Å². The average Bonchev–Trinajstić information content (AvgIpc) is 2.76. The molecule has 96 valence electrons. The normalized spacial score (nSPS) is 22.8. The Kier molecular flexibility index (Phi) is 3.72. The van der Waals surface area contributed by atoms with Gasteiger partial charge >= 0.3 is 0 Å². The standard InChI is InChI=1S/C9H14ClN3O3S/c1-12-5-9(11-7-12)17(14,15)13-2-3-16-6-8(13)4-10/h5,7-8H,2-4,6H2,1H3. The van der Waals surface area contributed by atoms with Gasteiger partial charge in [0.2, 0.25) is 0 Å². The Morgan fingerprint density at radius 1 is 1.65 bits per heavy atom. The second-order valence-electron chi connectivity index (χ2n) is 3.88. The Bertz CT molecular complexity index is 487. The number of morpholine rings is 1. The van der Waals surface area contributed by atoms with E-state index in [0.717, 1.165) is 0 Å². The van der Waals surface area contributed by atoms with E-state index in [4.69, 9.17) is 16.3 Å². The number of imidazole rings is 1. The van der Waals surface area contributed by atoms with E-state index in [-0.39, 0.29) is 16.9 Å². The first-order valence-electron chi connectivity index (χ1n) is 5.19. The Morgan fingerprint density at radius 2 is 2.41 bits per heavy atom. The molecule has 2 rings (SSSR count). The van der Waals surface area contributed by atoms with Crippen molar-refractivity contribution < 1.29 is 13.2 Å². The van der Waals surface area contributed by atoms with E-state index in [1.807, 2.05) is 0 Å². The highest BCUT2D eigenvalue weighted by atomic mass is 35.5. The molecule has 2 heterocycles. The van der Waals surface area contributed by atoms with E-state index in [1.165, 1.54) is 16.8 Å². The molecule has 1 aliphatic rings. The molecular weight excluding hydrogens is 266 g/mol. The van der Waals surface area contributed by atoms with Crippen LogP contribution in [0, 0.1) is 0 Å². The fourth-order valence-corrected chi connectivity index (χ4v) is 3.62. The van der Waals surface area contributed by atoms with Gasteiger partial charge in [-0.15, -0.1) is 11.6 Å². The number of aromatic nitrogens is 2. The van der Waals surface area contributed by atoms with Gasteiger partial charge in [0.15, 0.2) is 5.03 Å². The van der Waals surface area contributed by atoms with Crippen LogP contribution in [0.3, 0.4) is 0 Å². The fraction of sp³-hybridized carbons (Fsp3) is 0.667. The minimum atomic E-state index is -3.57. The number of halogens is 1. The lowest BCUT2D eigenvalue weighted by molar-refractivity contribution is 0.0403. The van der Waals surface area contributed by atoms with Gasteiger partial charge in [0.1, 0.15) is 0 Å². The zero-order valence-electron chi connectivity index (χ0n) is 9.41. The van der Waals surface area contributed by atoms with E-state index < -0.39 is 10.0 Å². The Hall–Kier alpha value is -0.630. The summed E-state index contributed by atoms with van der Waals surface area (Å²) in [6.07, 6.45) is 2.94. The monoisotopic (exact) mass is 279 g/mol. The van der Waals surface area contributed by atoms with Crippen LogP contribution in [0.2, 0.25) is 0 Å². The molecule has 0 bridgehead atoms. The number of rotatable bonds is 3. The van der Waals surface area contributed by atoms with Crippen LogP contribution in [-0.2, 0) is 21.8 Å². The quantitative estimate of drug-likeness (QED) is 0.734. The highest BCUT2D eigenvalue weighted by molar-refractivity contribution is 7.89. The zero-order valence-corrected chi connectivity index (χ0v) is 11.0. The summed E-state index contributed by atoms with van der Waals surface area (Å²) in [5.41, 5.74) is 0. The summed E-state index contributed by atoms with van der Waals surface area (Å²) in [4.78, 5) is 3.88. The molecule has 6 nitrogen and oxygen atoms in total. The lowest BCUT2D eigenvalue weighted by Gasteiger charge is -2.32. The molecular formula is C9H14ClN3O3S. The van der Waals surface area contributed by atoms with Crippen molar-refractivity contribution in [1.82, 2.24) is 13.9 Å². The van der Waals surface area contributed by atoms with Gasteiger partial charge in [-0.2, -0.15) is 4.31 Å². The Labute approximate surface area is 105 Å². The van der Waals surface area contributed by atoms with Gasteiger partial charge in [0.25, 0.3) is 10.0 Å². The van der Waals surface area contributed by atoms with Crippen molar-refractivity contribution in [2.45, 2.75) is 11.1 Å². The molecule has 1 aromatic rings. The van der Waals surface area contributed by atoms with Crippen LogP contribution in [0.1, 0.15) is 0 Å². The van der Waals surface area contributed by atoms with Gasteiger partial charge in [0, 0.05) is 25.7 Å². The van der Waals surface area contributed by atoms with Crippen molar-refractivity contribution in [2.75, 3.05) is 25.6 Å². The molecule has 0 amide bonds. The minimum Gasteiger partial charge on any atom is -0.378 e. The van der Waals surface area contributed by atoms with Gasteiger partial charge in [-0.3, -0.25) is 0 Å². The smallest absolute Gasteiger partial charge is 0.262 e. The first-order chi connectivity index (χ1) is 8.05. The van der Waals surface area contributed by atoms with E-state index in [2.05, 4.69) is 4.98 Å². The van der Waals surface area contributed by atoms with Crippen LogP contribution >= 0.6 is 11.6 Å². The molecule has 8 heteroatoms. The molecule has 0 spiro atoms. The van der Waals surface area contributed by atoms with Crippen molar-refractivity contribution >= 4 is 21.6 Å². The highest BCUT2D eigenvalue weighted by Crippen LogP contribution is 2.19. The molecule has 1 fully saturated rings. The van der Waals surface area contributed by atoms with Gasteiger partial charge < -0.3 is 9.30 Å². The van der Waals surface area contributed by atoms with E-state index in [1.54, 1.807) is 11.6 Å². The first-order valence-corrected chi connectivity index (χ1v) is 7.16. The third kappa shape index (κ3) is 2.47. The number of nitrogens with zero attached hydrogens (tertiary/aromatic N) is 3. The van der Waals surface area contributed by atoms with Gasteiger partial charge in [-0.1, -0.05) is 0 Å². The first kappa shape index (κ1) is 12.8. The number of alkyl halides is 1. The number of sulfonamides is 1. The Morgan fingerprint density at radius 3 is 3.00 bits per heavy atom. The summed E-state index contributed by atoms with van der Waals surface area (Å²) in [6, 6.07) is -0.322. The summed E-state index contributed by atoms with van der Waals surface area (Å²) < 4.78 is 32.8. The SMILES string of the molecule is Cn1cnc(S(=O)(=O)N2CCOCC2CCl)c1. The molecule has 0 aliphatic carbocycles. The van der Waals surface area contributed by atoms with Crippen molar-refractivity contribution in [3.8, 4) is 0 Å². The van der Waals surface area contributed by atoms with E-state index >= 15 is 0 Å². The predicted octanol–water partition coefficient (Wildman–Crippen LogP) is 0.0484. The summed E-state index contributed by atoms with van der Waals surface area (Å²) in [6.45, 7) is 1.03. The second kappa shape index (κ2) is 4.93. The molecule has 1 aromatic heterocycles. The molecule has 0 N–H and O–H groups in total. The number of hydrogen-bond donors (Lipinski definition) is 0. The maximum atomic E-state index is 12.3. The number of aryl methyl sites for hydroxylation is 1. The van der Waals surface area contributed by atoms with E-state index in [0.29, 0.717) is 19.8 Å². The zero-order chi connectivity index (χ0) is 12.5. The maximum Gasteiger partial charge on any atom is 0.262 e. The van der Waals surface area contributed by atoms with Crippen molar-refractivity contribution in [3.05, 3.63) is 12.5 Å². The molecule has 0 aromatic carbocycles. The largest absolute Gasteiger partial charge is 0.378 e. The highest BCUT2D eigenvalue weighted by Gasteiger charge is 2.34. The van der Waals surface area contributed by atoms with Crippen LogP contribution in [-0.4, -0.2) is 54.0 Å². The molecule has 0 radical (unpaired) electrons. The van der Waals surface area contributed by atoms with Gasteiger partial charge in [0.05, 0.1) is 25.6 Å². The third-order valence-electron chi connectivity index (χ3n) is 2.61. The van der Waals surface area contributed by atoms with Crippen molar-refractivity contribution in [3.63, 3.8) is 0 Å². The van der Waals surface area contributed by atoms with Crippen LogP contribution < -0.4 is 0 Å². The molecule has 1 unspecified atom stereocenters. The molecule has 0 saturated carbocycles. The lowest BCUT2D eigenvalue weighted by atomic mass is 10.3. The van der Waals surface area contributed by atoms with Crippen LogP contribution in [0.15, 0.2) is 17.6 Å². The topological polar surface area (TPSA) is 64.4 Å². The van der Waals surface area contributed by atoms with E-state index in [9.17, 15) is 8.42 Å². The minimum absolute atomic E-state index is 0.0528. The van der Waals surface area contributed by atoms with Crippen LogP contribution in [0.5, 0.6) is 0 Å². The molecule has 1 atom stereocenters. The summed E-state index contributed by atoms with van der Waals surface area (Å²) in [5.74, 6) is 0.214. The maximum absolute atomic E-state index is 12.3. The number of hydrogen-bond acceptors (Lipinski definition) is 4. The van der Waals surface area contributed by atoms with Crippen LogP contribution in [0.4, 0.5) is 0 Å². The van der Waals surface area contributed by atoms with Crippen molar-refractivity contribution in [2.24, 2.45) is 7.05 Å². The van der Waals surface area contributed by atoms with Crippen molar-refractivity contribution in [1.29, 1.82) is 0 Å². The molecule has 1 saturated heterocycles. The Balaban J connectivity index is 2.30. The average molecular weight is 280 g/mol. The second-order valence-corrected chi connectivity index (χ2v) is 6.02. The molecule has 1 aliphatic heterocycles. The predicted molar refractivity (Wildman–Crippen MR) is 62.4 cm³/mol. The molecule has 17 heavy (non-hydrogen) atoms. The number of ether oxygens (including phenoxy) is 1. The summed E-state index contributed by atoms with van der Waals surface area (Å²) in [5, 5.41) is 0.0528. The fourth-order valence-electron chi connectivity index (χ4n) is 1.72. The summed E-state index contributed by atoms with van der Waals surface area (Å²) in [7, 11) is -1.84. The lowest BCUT2D eigenvalue weighted by Crippen LogP contribution is -2.49. The summed E-state index contributed by atoms with van der Waals surface area (Å²) >= 11 is 5.76. The van der Waals surface area contributed by atoms with Gasteiger partial charge in [-0.05, 0) is 0 Å².